The van der Waals surface area contributed by atoms with Gasteiger partial charge in [0.25, 0.3) is 0 Å². The zero-order valence-electron chi connectivity index (χ0n) is 18.2. The summed E-state index contributed by atoms with van der Waals surface area (Å²) in [6.45, 7) is 2.04. The molecule has 2 aliphatic rings. The van der Waals surface area contributed by atoms with Gasteiger partial charge < -0.3 is 15.1 Å². The van der Waals surface area contributed by atoms with E-state index in [1.807, 2.05) is 36.2 Å². The van der Waals surface area contributed by atoms with Crippen molar-refractivity contribution in [1.29, 1.82) is 0 Å². The van der Waals surface area contributed by atoms with Crippen molar-refractivity contribution in [2.45, 2.75) is 44.2 Å². The molecule has 1 saturated heterocycles. The molecule has 7 heteroatoms. The summed E-state index contributed by atoms with van der Waals surface area (Å²) >= 11 is 13.4. The number of likely N-dealkylation sites (tertiary alicyclic amines) is 1. The summed E-state index contributed by atoms with van der Waals surface area (Å²) in [5.74, 6) is 0.631. The quantitative estimate of drug-likeness (QED) is 0.607. The fourth-order valence-corrected chi connectivity index (χ4v) is 4.91. The van der Waals surface area contributed by atoms with Crippen LogP contribution in [0.15, 0.2) is 36.7 Å². The number of hydrogen-bond acceptors (Lipinski definition) is 3. The van der Waals surface area contributed by atoms with Crippen LogP contribution in [0.5, 0.6) is 0 Å². The molecule has 2 heterocycles. The Kier molecular flexibility index (Phi) is 7.05. The van der Waals surface area contributed by atoms with Gasteiger partial charge in [-0.05, 0) is 56.9 Å². The lowest BCUT2D eigenvalue weighted by molar-refractivity contribution is 0.145. The van der Waals surface area contributed by atoms with Crippen LogP contribution >= 0.6 is 23.2 Å². The van der Waals surface area contributed by atoms with E-state index in [1.165, 1.54) is 12.8 Å². The molecule has 31 heavy (non-hydrogen) atoms. The largest absolute Gasteiger partial charge is 0.331 e. The number of benzene rings is 1. The van der Waals surface area contributed by atoms with Gasteiger partial charge >= 0.3 is 6.03 Å². The first kappa shape index (κ1) is 22.4. The van der Waals surface area contributed by atoms with E-state index in [0.717, 1.165) is 49.0 Å². The molecule has 1 atom stereocenters. The highest BCUT2D eigenvalue weighted by Crippen LogP contribution is 2.43. The third-order valence-electron chi connectivity index (χ3n) is 6.58. The number of nitrogens with one attached hydrogen (secondary N) is 1. The number of urea groups is 1. The lowest BCUT2D eigenvalue weighted by atomic mass is 9.97. The van der Waals surface area contributed by atoms with Gasteiger partial charge in [0.2, 0.25) is 0 Å². The number of carbonyl (C=O) groups excluding carboxylic acids is 1. The van der Waals surface area contributed by atoms with Crippen molar-refractivity contribution in [3.05, 3.63) is 52.3 Å². The lowest BCUT2D eigenvalue weighted by Crippen LogP contribution is -2.48. The molecule has 0 radical (unpaired) electrons. The predicted molar refractivity (Wildman–Crippen MR) is 127 cm³/mol. The van der Waals surface area contributed by atoms with E-state index in [4.69, 9.17) is 23.2 Å². The maximum absolute atomic E-state index is 13.1. The van der Waals surface area contributed by atoms with Gasteiger partial charge in [-0.3, -0.25) is 4.98 Å². The van der Waals surface area contributed by atoms with Crippen molar-refractivity contribution in [3.8, 4) is 11.1 Å². The number of halogens is 2. The van der Waals surface area contributed by atoms with Crippen LogP contribution in [0.25, 0.3) is 11.1 Å². The standard InChI is InChI=1S/C24H30Cl2N4O/c1-29-12-9-18(10-13-29)30(2)24(31)28-21(14-16-5-6-16)20-8-7-19(22(25)23(20)26)17-4-3-11-27-15-17/h3-4,7-8,11,15-16,18,21H,5-6,9-10,12-14H2,1-2H3,(H,28,31). The van der Waals surface area contributed by atoms with Crippen molar-refractivity contribution in [2.75, 3.05) is 27.2 Å². The molecular weight excluding hydrogens is 431 g/mol. The summed E-state index contributed by atoms with van der Waals surface area (Å²) in [7, 11) is 4.03. The highest BCUT2D eigenvalue weighted by Gasteiger charge is 2.31. The Morgan fingerprint density at radius 3 is 2.58 bits per heavy atom. The maximum Gasteiger partial charge on any atom is 0.317 e. The van der Waals surface area contributed by atoms with Crippen molar-refractivity contribution in [1.82, 2.24) is 20.1 Å². The van der Waals surface area contributed by atoms with Crippen molar-refractivity contribution in [2.24, 2.45) is 5.92 Å². The Labute approximate surface area is 194 Å². The van der Waals surface area contributed by atoms with Gasteiger partial charge in [-0.1, -0.05) is 54.2 Å². The van der Waals surface area contributed by atoms with E-state index < -0.39 is 0 Å². The molecule has 2 aromatic rings. The SMILES string of the molecule is CN1CCC(N(C)C(=O)NC(CC2CC2)c2ccc(-c3cccnc3)c(Cl)c2Cl)CC1. The van der Waals surface area contributed by atoms with E-state index in [9.17, 15) is 4.79 Å². The van der Waals surface area contributed by atoms with E-state index in [2.05, 4.69) is 22.2 Å². The second-order valence-corrected chi connectivity index (χ2v) is 9.65. The topological polar surface area (TPSA) is 48.5 Å². The van der Waals surface area contributed by atoms with E-state index >= 15 is 0 Å². The Morgan fingerprint density at radius 2 is 1.94 bits per heavy atom. The first-order valence-electron chi connectivity index (χ1n) is 11.0. The molecule has 1 N–H and O–H groups in total. The third kappa shape index (κ3) is 5.33. The number of rotatable bonds is 6. The normalized spacial score (nSPS) is 18.6. The second kappa shape index (κ2) is 9.76. The minimum Gasteiger partial charge on any atom is -0.331 e. The highest BCUT2D eigenvalue weighted by atomic mass is 35.5. The molecule has 0 spiro atoms. The zero-order valence-corrected chi connectivity index (χ0v) is 19.7. The Hall–Kier alpha value is -1.82. The third-order valence-corrected chi connectivity index (χ3v) is 7.48. The van der Waals surface area contributed by atoms with Gasteiger partial charge in [0, 0.05) is 36.6 Å². The Bertz CT molecular complexity index is 911. The second-order valence-electron chi connectivity index (χ2n) is 8.90. The first-order chi connectivity index (χ1) is 14.9. The lowest BCUT2D eigenvalue weighted by Gasteiger charge is -2.36. The molecule has 4 rings (SSSR count). The summed E-state index contributed by atoms with van der Waals surface area (Å²) < 4.78 is 0. The zero-order chi connectivity index (χ0) is 22.0. The van der Waals surface area contributed by atoms with Crippen LogP contribution in [0.4, 0.5) is 4.79 Å². The van der Waals surface area contributed by atoms with Crippen molar-refractivity contribution < 1.29 is 4.79 Å². The summed E-state index contributed by atoms with van der Waals surface area (Å²) in [6.07, 6.45) is 8.80. The molecule has 1 aliphatic heterocycles. The Balaban J connectivity index is 1.54. The molecule has 1 unspecified atom stereocenters. The number of pyridine rings is 1. The van der Waals surface area contributed by atoms with Gasteiger partial charge in [-0.25, -0.2) is 4.79 Å². The molecule has 5 nitrogen and oxygen atoms in total. The minimum atomic E-state index is -0.151. The number of hydrogen-bond donors (Lipinski definition) is 1. The molecule has 0 bridgehead atoms. The first-order valence-corrected chi connectivity index (χ1v) is 11.8. The van der Waals surface area contributed by atoms with Gasteiger partial charge in [-0.15, -0.1) is 0 Å². The smallest absolute Gasteiger partial charge is 0.317 e. The molecule has 166 valence electrons. The molecule has 2 amide bonds. The van der Waals surface area contributed by atoms with Crippen LogP contribution in [0.1, 0.15) is 43.7 Å². The van der Waals surface area contributed by atoms with E-state index in [1.54, 1.807) is 12.4 Å². The highest BCUT2D eigenvalue weighted by molar-refractivity contribution is 6.44. The summed E-state index contributed by atoms with van der Waals surface area (Å²) in [6, 6.07) is 7.90. The average molecular weight is 461 g/mol. The molecule has 1 aromatic carbocycles. The number of aromatic nitrogens is 1. The minimum absolute atomic E-state index is 0.0382. The number of piperidine rings is 1. The van der Waals surface area contributed by atoms with Crippen LogP contribution in [-0.2, 0) is 0 Å². The average Bonchev–Trinajstić information content (AvgIpc) is 3.60. The maximum atomic E-state index is 13.1. The predicted octanol–water partition coefficient (Wildman–Crippen LogP) is 5.63. The summed E-state index contributed by atoms with van der Waals surface area (Å²) in [4.78, 5) is 21.5. The van der Waals surface area contributed by atoms with Crippen LogP contribution < -0.4 is 5.32 Å². The van der Waals surface area contributed by atoms with Crippen LogP contribution in [0.2, 0.25) is 10.0 Å². The summed E-state index contributed by atoms with van der Waals surface area (Å²) in [5.41, 5.74) is 2.66. The molecular formula is C24H30Cl2N4O. The van der Waals surface area contributed by atoms with Gasteiger partial charge in [-0.2, -0.15) is 0 Å². The van der Waals surface area contributed by atoms with Crippen LogP contribution in [0.3, 0.4) is 0 Å². The van der Waals surface area contributed by atoms with E-state index in [0.29, 0.717) is 16.0 Å². The van der Waals surface area contributed by atoms with Gasteiger partial charge in [0.1, 0.15) is 0 Å². The van der Waals surface area contributed by atoms with Gasteiger partial charge in [0.05, 0.1) is 16.1 Å². The molecule has 1 aromatic heterocycles. The van der Waals surface area contributed by atoms with Crippen molar-refractivity contribution in [3.63, 3.8) is 0 Å². The van der Waals surface area contributed by atoms with E-state index in [-0.39, 0.29) is 18.1 Å². The fraction of sp³-hybridized carbons (Fsp3) is 0.500. The number of amides is 2. The van der Waals surface area contributed by atoms with Crippen LogP contribution in [-0.4, -0.2) is 54.0 Å². The monoisotopic (exact) mass is 460 g/mol. The summed E-state index contributed by atoms with van der Waals surface area (Å²) in [5, 5.41) is 4.27. The molecule has 2 fully saturated rings. The van der Waals surface area contributed by atoms with Gasteiger partial charge in [0.15, 0.2) is 0 Å². The molecule has 1 saturated carbocycles. The van der Waals surface area contributed by atoms with Crippen LogP contribution in [0, 0.1) is 5.92 Å². The Morgan fingerprint density at radius 1 is 1.19 bits per heavy atom. The fourth-order valence-electron chi connectivity index (χ4n) is 4.33. The number of nitrogens with zero attached hydrogens (tertiary/aromatic N) is 3. The van der Waals surface area contributed by atoms with Crippen molar-refractivity contribution >= 4 is 29.2 Å². The number of carbonyl (C=O) groups is 1. The molecule has 1 aliphatic carbocycles.